The first kappa shape index (κ1) is 33.0. The number of benzene rings is 4. The van der Waals surface area contributed by atoms with E-state index in [0.717, 1.165) is 33.1 Å². The summed E-state index contributed by atoms with van der Waals surface area (Å²) in [6.07, 6.45) is 0.192. The molecule has 0 aliphatic rings. The van der Waals surface area contributed by atoms with E-state index >= 15 is 0 Å². The second kappa shape index (κ2) is 14.7. The maximum absolute atomic E-state index is 14.4. The summed E-state index contributed by atoms with van der Waals surface area (Å²) in [5.41, 5.74) is 2.61. The molecule has 4 aromatic carbocycles. The lowest BCUT2D eigenvalue weighted by atomic mass is 10.0. The van der Waals surface area contributed by atoms with Gasteiger partial charge < -0.3 is 19.7 Å². The molecule has 0 spiro atoms. The molecule has 0 saturated carbocycles. The molecule has 0 aliphatic carbocycles. The van der Waals surface area contributed by atoms with Gasteiger partial charge in [0.15, 0.2) is 11.5 Å². The van der Waals surface area contributed by atoms with Crippen molar-refractivity contribution in [2.75, 3.05) is 32.1 Å². The number of hydrogen-bond donors (Lipinski definition) is 1. The van der Waals surface area contributed by atoms with E-state index in [2.05, 4.69) is 5.32 Å². The molecule has 0 bridgehead atoms. The van der Waals surface area contributed by atoms with Gasteiger partial charge in [-0.05, 0) is 54.4 Å². The minimum Gasteiger partial charge on any atom is -0.493 e. The Morgan fingerprint density at radius 3 is 2.13 bits per heavy atom. The maximum atomic E-state index is 14.4. The van der Waals surface area contributed by atoms with Gasteiger partial charge in [-0.15, -0.1) is 0 Å². The van der Waals surface area contributed by atoms with E-state index < -0.39 is 40.2 Å². The fraction of sp³-hybridized carbons (Fsp3) is 0.235. The van der Waals surface area contributed by atoms with E-state index in [1.165, 1.54) is 56.5 Å². The van der Waals surface area contributed by atoms with Crippen LogP contribution in [0.4, 0.5) is 10.1 Å². The second-order valence-corrected chi connectivity index (χ2v) is 12.2. The smallest absolute Gasteiger partial charge is 0.264 e. The highest BCUT2D eigenvalue weighted by Crippen LogP contribution is 2.32. The lowest BCUT2D eigenvalue weighted by Gasteiger charge is -2.33. The Morgan fingerprint density at radius 1 is 0.844 bits per heavy atom. The van der Waals surface area contributed by atoms with Crippen molar-refractivity contribution in [1.29, 1.82) is 0 Å². The quantitative estimate of drug-likeness (QED) is 0.228. The number of amides is 2. The van der Waals surface area contributed by atoms with Gasteiger partial charge in [-0.3, -0.25) is 13.9 Å². The zero-order chi connectivity index (χ0) is 32.6. The number of sulfonamides is 1. The highest BCUT2D eigenvalue weighted by molar-refractivity contribution is 7.92. The first-order chi connectivity index (χ1) is 21.6. The first-order valence-electron chi connectivity index (χ1n) is 14.2. The third-order valence-electron chi connectivity index (χ3n) is 7.29. The molecule has 0 heterocycles. The minimum absolute atomic E-state index is 0.0408. The monoisotopic (exact) mass is 633 g/mol. The number of halogens is 1. The molecule has 0 fully saturated rings. The number of likely N-dealkylation sites (N-methyl/N-ethyl adjacent to an activating group) is 1. The zero-order valence-electron chi connectivity index (χ0n) is 25.6. The third kappa shape index (κ3) is 7.98. The molecule has 0 radical (unpaired) electrons. The van der Waals surface area contributed by atoms with Crippen LogP contribution in [-0.4, -0.2) is 59.0 Å². The van der Waals surface area contributed by atoms with E-state index in [-0.39, 0.29) is 29.3 Å². The molecule has 0 saturated heterocycles. The fourth-order valence-corrected chi connectivity index (χ4v) is 6.40. The minimum atomic E-state index is -4.42. The van der Waals surface area contributed by atoms with Crippen molar-refractivity contribution in [3.8, 4) is 11.5 Å². The fourth-order valence-electron chi connectivity index (χ4n) is 4.97. The Hall–Kier alpha value is -4.90. The summed E-state index contributed by atoms with van der Waals surface area (Å²) in [4.78, 5) is 28.9. The maximum Gasteiger partial charge on any atom is 0.264 e. The largest absolute Gasteiger partial charge is 0.493 e. The first-order valence-corrected chi connectivity index (χ1v) is 15.6. The number of aryl methyl sites for hydroxylation is 1. The molecule has 2 amide bonds. The van der Waals surface area contributed by atoms with Gasteiger partial charge in [0.1, 0.15) is 18.4 Å². The van der Waals surface area contributed by atoms with Crippen molar-refractivity contribution in [3.63, 3.8) is 0 Å². The molecule has 4 aromatic rings. The van der Waals surface area contributed by atoms with Gasteiger partial charge >= 0.3 is 0 Å². The van der Waals surface area contributed by atoms with Gasteiger partial charge in [-0.25, -0.2) is 12.8 Å². The van der Waals surface area contributed by atoms with Crippen LogP contribution in [0.3, 0.4) is 0 Å². The zero-order valence-corrected chi connectivity index (χ0v) is 26.4. The molecule has 1 N–H and O–H groups in total. The average molecular weight is 634 g/mol. The molecule has 9 nitrogen and oxygen atoms in total. The molecule has 236 valence electrons. The number of carbonyl (C=O) groups is 2. The predicted molar refractivity (Wildman–Crippen MR) is 170 cm³/mol. The van der Waals surface area contributed by atoms with Crippen LogP contribution >= 0.6 is 0 Å². The molecule has 1 atom stereocenters. The summed E-state index contributed by atoms with van der Waals surface area (Å²) in [7, 11) is -0.121. The number of hydrogen-bond acceptors (Lipinski definition) is 6. The van der Waals surface area contributed by atoms with Crippen molar-refractivity contribution in [2.45, 2.75) is 30.8 Å². The van der Waals surface area contributed by atoms with E-state index in [0.29, 0.717) is 5.75 Å². The van der Waals surface area contributed by atoms with E-state index in [1.54, 1.807) is 0 Å². The van der Waals surface area contributed by atoms with Crippen LogP contribution < -0.4 is 19.1 Å². The van der Waals surface area contributed by atoms with Crippen molar-refractivity contribution in [2.24, 2.45) is 0 Å². The number of anilines is 1. The number of nitrogens with one attached hydrogen (secondary N) is 1. The number of nitrogens with zero attached hydrogens (tertiary/aromatic N) is 2. The lowest BCUT2D eigenvalue weighted by Crippen LogP contribution is -2.53. The highest BCUT2D eigenvalue weighted by Gasteiger charge is 2.34. The number of ether oxygens (including phenoxy) is 2. The van der Waals surface area contributed by atoms with Crippen molar-refractivity contribution >= 4 is 27.5 Å². The Morgan fingerprint density at radius 2 is 1.51 bits per heavy atom. The van der Waals surface area contributed by atoms with Crippen molar-refractivity contribution < 1.29 is 31.9 Å². The molecular weight excluding hydrogens is 597 g/mol. The van der Waals surface area contributed by atoms with Crippen LogP contribution in [0.2, 0.25) is 0 Å². The standard InChI is InChI=1S/C34H36FN3O6S/c1-24-9-8-12-26(19-24)22-37(30(34(40)36-2)20-25-10-6-5-7-11-25)33(39)23-38(28-15-13-27(35)14-16-28)45(41,42)29-17-18-31(43-3)32(21-29)44-4/h5-19,21,30H,20,22-23H2,1-4H3,(H,36,40). The molecule has 4 rings (SSSR count). The van der Waals surface area contributed by atoms with Gasteiger partial charge in [-0.1, -0.05) is 60.2 Å². The van der Waals surface area contributed by atoms with Gasteiger partial charge in [-0.2, -0.15) is 0 Å². The third-order valence-corrected chi connectivity index (χ3v) is 9.06. The van der Waals surface area contributed by atoms with Gasteiger partial charge in [0, 0.05) is 26.1 Å². The molecule has 45 heavy (non-hydrogen) atoms. The highest BCUT2D eigenvalue weighted by atomic mass is 32.2. The van der Waals surface area contributed by atoms with Crippen LogP contribution in [0.1, 0.15) is 16.7 Å². The lowest BCUT2D eigenvalue weighted by molar-refractivity contribution is -0.139. The van der Waals surface area contributed by atoms with Crippen LogP contribution in [0.5, 0.6) is 11.5 Å². The topological polar surface area (TPSA) is 105 Å². The molecule has 11 heteroatoms. The number of methoxy groups -OCH3 is 2. The predicted octanol–water partition coefficient (Wildman–Crippen LogP) is 4.73. The van der Waals surface area contributed by atoms with E-state index in [4.69, 9.17) is 9.47 Å². The Balaban J connectivity index is 1.81. The number of carbonyl (C=O) groups excluding carboxylic acids is 2. The average Bonchev–Trinajstić information content (AvgIpc) is 3.05. The van der Waals surface area contributed by atoms with Crippen LogP contribution in [0.25, 0.3) is 0 Å². The summed E-state index contributed by atoms with van der Waals surface area (Å²) in [5.74, 6) is -1.12. The second-order valence-electron chi connectivity index (χ2n) is 10.3. The SMILES string of the molecule is CNC(=O)C(Cc1ccccc1)N(Cc1cccc(C)c1)C(=O)CN(c1ccc(F)cc1)S(=O)(=O)c1ccc(OC)c(OC)c1. The molecule has 0 aliphatic heterocycles. The summed E-state index contributed by atoms with van der Waals surface area (Å²) in [6, 6.07) is 24.7. The Bertz CT molecular complexity index is 1730. The van der Waals surface area contributed by atoms with Gasteiger partial charge in [0.2, 0.25) is 11.8 Å². The van der Waals surface area contributed by atoms with Crippen molar-refractivity contribution in [1.82, 2.24) is 10.2 Å². The molecule has 0 aromatic heterocycles. The summed E-state index contributed by atoms with van der Waals surface area (Å²) in [6.45, 7) is 1.29. The molecular formula is C34H36FN3O6S. The molecule has 1 unspecified atom stereocenters. The van der Waals surface area contributed by atoms with Gasteiger partial charge in [0.05, 0.1) is 24.8 Å². The summed E-state index contributed by atoms with van der Waals surface area (Å²) >= 11 is 0. The Labute approximate surface area is 263 Å². The number of rotatable bonds is 13. The van der Waals surface area contributed by atoms with Crippen LogP contribution in [0, 0.1) is 12.7 Å². The normalized spacial score (nSPS) is 11.8. The van der Waals surface area contributed by atoms with Crippen LogP contribution in [-0.2, 0) is 32.6 Å². The van der Waals surface area contributed by atoms with Crippen molar-refractivity contribution in [3.05, 3.63) is 120 Å². The van der Waals surface area contributed by atoms with Gasteiger partial charge in [0.25, 0.3) is 10.0 Å². The Kier molecular flexibility index (Phi) is 10.8. The summed E-state index contributed by atoms with van der Waals surface area (Å²) < 4.78 is 53.8. The van der Waals surface area contributed by atoms with Crippen LogP contribution in [0.15, 0.2) is 102 Å². The van der Waals surface area contributed by atoms with E-state index in [1.807, 2.05) is 61.5 Å². The summed E-state index contributed by atoms with van der Waals surface area (Å²) in [5, 5.41) is 2.66. The van der Waals surface area contributed by atoms with E-state index in [9.17, 15) is 22.4 Å².